The molecule has 0 saturated heterocycles. The van der Waals surface area contributed by atoms with Crippen molar-refractivity contribution in [2.45, 2.75) is 37.8 Å². The first-order valence-electron chi connectivity index (χ1n) is 9.16. The Morgan fingerprint density at radius 1 is 1.25 bits per heavy atom. The molecule has 1 aromatic carbocycles. The van der Waals surface area contributed by atoms with E-state index in [0.717, 1.165) is 41.3 Å². The number of nitrogens with one attached hydrogen (secondary N) is 1. The van der Waals surface area contributed by atoms with Crippen LogP contribution in [-0.4, -0.2) is 28.1 Å². The molecule has 2 aliphatic rings. The standard InChI is InChI=1S/C20H19ClFN3OS2/c21-13-6-7-15(14(22)11-13)23-17(26)12-28-19-18(16-5-4-10-27-16)24-20(25-19)8-2-1-3-9-20/h4-7,10-11H,1-3,8-9,12H2,(H,23,26). The van der Waals surface area contributed by atoms with Crippen LogP contribution in [0, 0.1) is 5.82 Å². The SMILES string of the molecule is O=C(CSC1=NC2(CCCCC2)N=C1c1cccs1)Nc1ccc(Cl)cc1F. The molecule has 4 nitrogen and oxygen atoms in total. The fourth-order valence-electron chi connectivity index (χ4n) is 3.45. The number of anilines is 1. The molecule has 2 aromatic rings. The fraction of sp³-hybridized carbons (Fsp3) is 0.350. The summed E-state index contributed by atoms with van der Waals surface area (Å²) in [7, 11) is 0. The van der Waals surface area contributed by atoms with E-state index in [0.29, 0.717) is 5.02 Å². The molecular weight excluding hydrogens is 417 g/mol. The van der Waals surface area contributed by atoms with E-state index >= 15 is 0 Å². The number of hydrogen-bond donors (Lipinski definition) is 1. The lowest BCUT2D eigenvalue weighted by atomic mass is 9.90. The van der Waals surface area contributed by atoms with Crippen molar-refractivity contribution < 1.29 is 9.18 Å². The summed E-state index contributed by atoms with van der Waals surface area (Å²) in [5.74, 6) is -0.698. The van der Waals surface area contributed by atoms with Gasteiger partial charge < -0.3 is 5.32 Å². The Morgan fingerprint density at radius 2 is 2.07 bits per heavy atom. The fourth-order valence-corrected chi connectivity index (χ4v) is 5.25. The monoisotopic (exact) mass is 435 g/mol. The average molecular weight is 436 g/mol. The van der Waals surface area contributed by atoms with Gasteiger partial charge in [0.2, 0.25) is 5.91 Å². The number of benzene rings is 1. The Hall–Kier alpha value is -1.70. The lowest BCUT2D eigenvalue weighted by Gasteiger charge is -2.27. The second kappa shape index (κ2) is 8.35. The largest absolute Gasteiger partial charge is 0.323 e. The van der Waals surface area contributed by atoms with Crippen molar-refractivity contribution in [2.75, 3.05) is 11.1 Å². The van der Waals surface area contributed by atoms with Crippen LogP contribution in [-0.2, 0) is 4.79 Å². The number of hydrogen-bond acceptors (Lipinski definition) is 5. The molecule has 1 fully saturated rings. The molecule has 1 spiro atoms. The number of amides is 1. The van der Waals surface area contributed by atoms with Gasteiger partial charge in [0.15, 0.2) is 5.66 Å². The van der Waals surface area contributed by atoms with Crippen molar-refractivity contribution in [3.8, 4) is 0 Å². The lowest BCUT2D eigenvalue weighted by molar-refractivity contribution is -0.113. The molecule has 1 amide bonds. The van der Waals surface area contributed by atoms with E-state index in [2.05, 4.69) is 5.32 Å². The summed E-state index contributed by atoms with van der Waals surface area (Å²) in [5.41, 5.74) is 0.644. The first-order chi connectivity index (χ1) is 13.5. The highest BCUT2D eigenvalue weighted by Gasteiger charge is 2.38. The summed E-state index contributed by atoms with van der Waals surface area (Å²) in [4.78, 5) is 23.3. The number of thiophene rings is 1. The molecule has 1 N–H and O–H groups in total. The van der Waals surface area contributed by atoms with E-state index in [-0.39, 0.29) is 23.0 Å². The van der Waals surface area contributed by atoms with Gasteiger partial charge in [-0.2, -0.15) is 0 Å². The van der Waals surface area contributed by atoms with Gasteiger partial charge in [0.1, 0.15) is 16.6 Å². The molecule has 1 aliphatic carbocycles. The van der Waals surface area contributed by atoms with Crippen molar-refractivity contribution in [2.24, 2.45) is 9.98 Å². The van der Waals surface area contributed by atoms with E-state index in [9.17, 15) is 9.18 Å². The van der Waals surface area contributed by atoms with Crippen molar-refractivity contribution in [1.82, 2.24) is 0 Å². The summed E-state index contributed by atoms with van der Waals surface area (Å²) in [5, 5.41) is 5.71. The molecule has 0 bridgehead atoms. The van der Waals surface area contributed by atoms with Crippen LogP contribution in [0.1, 0.15) is 37.0 Å². The number of carbonyl (C=O) groups is 1. The molecule has 1 saturated carbocycles. The van der Waals surface area contributed by atoms with Crippen LogP contribution < -0.4 is 5.32 Å². The summed E-state index contributed by atoms with van der Waals surface area (Å²) >= 11 is 8.74. The van der Waals surface area contributed by atoms with Gasteiger partial charge >= 0.3 is 0 Å². The molecular formula is C20H19ClFN3OS2. The van der Waals surface area contributed by atoms with Gasteiger partial charge in [0, 0.05) is 5.02 Å². The van der Waals surface area contributed by atoms with Gasteiger partial charge in [-0.3, -0.25) is 9.79 Å². The van der Waals surface area contributed by atoms with Gasteiger partial charge in [-0.1, -0.05) is 35.9 Å². The van der Waals surface area contributed by atoms with Crippen molar-refractivity contribution in [3.05, 3.63) is 51.4 Å². The highest BCUT2D eigenvalue weighted by Crippen LogP contribution is 2.39. The van der Waals surface area contributed by atoms with E-state index in [4.69, 9.17) is 21.6 Å². The van der Waals surface area contributed by atoms with Crippen molar-refractivity contribution in [1.29, 1.82) is 0 Å². The molecule has 8 heteroatoms. The second-order valence-electron chi connectivity index (χ2n) is 6.86. The van der Waals surface area contributed by atoms with Crippen LogP contribution in [0.25, 0.3) is 0 Å². The third kappa shape index (κ3) is 4.31. The first kappa shape index (κ1) is 19.6. The summed E-state index contributed by atoms with van der Waals surface area (Å²) < 4.78 is 13.9. The van der Waals surface area contributed by atoms with Crippen LogP contribution in [0.3, 0.4) is 0 Å². The van der Waals surface area contributed by atoms with Crippen LogP contribution >= 0.6 is 34.7 Å². The zero-order chi connectivity index (χ0) is 19.6. The number of thioether (sulfide) groups is 1. The highest BCUT2D eigenvalue weighted by atomic mass is 35.5. The molecule has 0 unspecified atom stereocenters. The molecule has 4 rings (SSSR count). The van der Waals surface area contributed by atoms with E-state index in [1.54, 1.807) is 17.4 Å². The minimum absolute atomic E-state index is 0.124. The van der Waals surface area contributed by atoms with Crippen molar-refractivity contribution in [3.63, 3.8) is 0 Å². The minimum Gasteiger partial charge on any atom is -0.323 e. The Labute approximate surface area is 176 Å². The first-order valence-corrected chi connectivity index (χ1v) is 11.4. The quantitative estimate of drug-likeness (QED) is 0.662. The van der Waals surface area contributed by atoms with Gasteiger partial charge in [-0.15, -0.1) is 11.3 Å². The van der Waals surface area contributed by atoms with Crippen LogP contribution in [0.5, 0.6) is 0 Å². The lowest BCUT2D eigenvalue weighted by Crippen LogP contribution is -2.25. The topological polar surface area (TPSA) is 53.8 Å². The Kier molecular flexibility index (Phi) is 5.85. The predicted octanol–water partition coefficient (Wildman–Crippen LogP) is 5.77. The van der Waals surface area contributed by atoms with Gasteiger partial charge in [-0.05, 0) is 55.3 Å². The highest BCUT2D eigenvalue weighted by molar-refractivity contribution is 8.16. The number of nitrogens with zero attached hydrogens (tertiary/aromatic N) is 2. The number of rotatable bonds is 4. The average Bonchev–Trinajstić information content (AvgIpc) is 3.31. The predicted molar refractivity (Wildman–Crippen MR) is 117 cm³/mol. The van der Waals surface area contributed by atoms with Gasteiger partial charge in [0.05, 0.1) is 16.3 Å². The molecule has 2 heterocycles. The smallest absolute Gasteiger partial charge is 0.234 e. The van der Waals surface area contributed by atoms with Gasteiger partial charge in [0.25, 0.3) is 0 Å². The maximum absolute atomic E-state index is 13.9. The molecule has 28 heavy (non-hydrogen) atoms. The second-order valence-corrected chi connectivity index (χ2v) is 9.21. The summed E-state index contributed by atoms with van der Waals surface area (Å²) in [6.07, 6.45) is 5.37. The Morgan fingerprint density at radius 3 is 2.79 bits per heavy atom. The number of carbonyl (C=O) groups excluding carboxylic acids is 1. The number of halogens is 2. The maximum Gasteiger partial charge on any atom is 0.234 e. The maximum atomic E-state index is 13.9. The summed E-state index contributed by atoms with van der Waals surface area (Å²) in [6.45, 7) is 0. The minimum atomic E-state index is -0.550. The third-order valence-electron chi connectivity index (χ3n) is 4.79. The van der Waals surface area contributed by atoms with E-state index < -0.39 is 5.82 Å². The Bertz CT molecular complexity index is 937. The zero-order valence-electron chi connectivity index (χ0n) is 15.1. The third-order valence-corrected chi connectivity index (χ3v) is 6.86. The molecule has 1 aliphatic heterocycles. The van der Waals surface area contributed by atoms with Gasteiger partial charge in [-0.25, -0.2) is 9.38 Å². The van der Waals surface area contributed by atoms with Crippen LogP contribution in [0.2, 0.25) is 5.02 Å². The summed E-state index contributed by atoms with van der Waals surface area (Å²) in [6, 6.07) is 8.21. The van der Waals surface area contributed by atoms with Crippen LogP contribution in [0.15, 0.2) is 45.7 Å². The molecule has 0 atom stereocenters. The Balaban J connectivity index is 1.47. The molecule has 146 valence electrons. The molecule has 0 radical (unpaired) electrons. The van der Waals surface area contributed by atoms with E-state index in [1.165, 1.54) is 30.3 Å². The normalized spacial score (nSPS) is 18.1. The van der Waals surface area contributed by atoms with Crippen LogP contribution in [0.4, 0.5) is 10.1 Å². The van der Waals surface area contributed by atoms with E-state index in [1.807, 2.05) is 17.5 Å². The zero-order valence-corrected chi connectivity index (χ0v) is 17.5. The van der Waals surface area contributed by atoms with Crippen molar-refractivity contribution >= 4 is 57.0 Å². The molecule has 1 aromatic heterocycles. The number of aliphatic imine (C=N–C) groups is 2.